The molecule has 0 saturated heterocycles. The van der Waals surface area contributed by atoms with Crippen molar-refractivity contribution in [2.75, 3.05) is 18.1 Å². The van der Waals surface area contributed by atoms with Crippen LogP contribution in [0.2, 0.25) is 0 Å². The van der Waals surface area contributed by atoms with Gasteiger partial charge in [0.1, 0.15) is 5.69 Å². The first-order valence-electron chi connectivity index (χ1n) is 9.21. The Kier molecular flexibility index (Phi) is 4.93. The van der Waals surface area contributed by atoms with Crippen LogP contribution in [-0.4, -0.2) is 30.2 Å². The molecular formula is C22H20N2O4. The van der Waals surface area contributed by atoms with Crippen LogP contribution in [0.25, 0.3) is 11.3 Å². The number of fused-ring (bicyclic) bond motifs is 1. The summed E-state index contributed by atoms with van der Waals surface area (Å²) in [6, 6.07) is 17.0. The molecule has 0 spiro atoms. The zero-order valence-electron chi connectivity index (χ0n) is 15.6. The second kappa shape index (κ2) is 7.68. The Morgan fingerprint density at radius 2 is 1.93 bits per heavy atom. The molecule has 0 bridgehead atoms. The summed E-state index contributed by atoms with van der Waals surface area (Å²) in [6.45, 7) is 2.27. The van der Waals surface area contributed by atoms with Gasteiger partial charge in [0.15, 0.2) is 6.61 Å². The van der Waals surface area contributed by atoms with Gasteiger partial charge in [-0.2, -0.15) is 0 Å². The minimum atomic E-state index is -0.704. The van der Waals surface area contributed by atoms with E-state index in [0.717, 1.165) is 35.2 Å². The summed E-state index contributed by atoms with van der Waals surface area (Å²) >= 11 is 0. The minimum absolute atomic E-state index is 0.0255. The SMILES string of the molecule is Cc1ccc(-c2cc(C(=O)OCC(=O)N3CCCc4ccccc43)on2)cc1. The second-order valence-corrected chi connectivity index (χ2v) is 6.80. The molecule has 2 heterocycles. The van der Waals surface area contributed by atoms with Crippen LogP contribution in [0.5, 0.6) is 0 Å². The van der Waals surface area contributed by atoms with Gasteiger partial charge in [-0.05, 0) is 31.4 Å². The van der Waals surface area contributed by atoms with Crippen LogP contribution in [0.1, 0.15) is 28.1 Å². The van der Waals surface area contributed by atoms with E-state index in [-0.39, 0.29) is 18.3 Å². The summed E-state index contributed by atoms with van der Waals surface area (Å²) in [5.74, 6) is -0.981. The summed E-state index contributed by atoms with van der Waals surface area (Å²) in [6.07, 6.45) is 1.83. The highest BCUT2D eigenvalue weighted by Gasteiger charge is 2.24. The highest BCUT2D eigenvalue weighted by molar-refractivity contribution is 5.97. The number of rotatable bonds is 4. The van der Waals surface area contributed by atoms with E-state index in [9.17, 15) is 9.59 Å². The van der Waals surface area contributed by atoms with Crippen LogP contribution in [0, 0.1) is 6.92 Å². The van der Waals surface area contributed by atoms with E-state index in [4.69, 9.17) is 9.26 Å². The molecule has 28 heavy (non-hydrogen) atoms. The zero-order chi connectivity index (χ0) is 19.5. The first-order chi connectivity index (χ1) is 13.6. The molecule has 6 heteroatoms. The normalized spacial score (nSPS) is 13.1. The standard InChI is InChI=1S/C22H20N2O4/c1-15-8-10-16(11-9-15)18-13-20(28-23-18)22(26)27-14-21(25)24-12-4-6-17-5-2-3-7-19(17)24/h2-3,5,7-11,13H,4,6,12,14H2,1H3. The lowest BCUT2D eigenvalue weighted by Crippen LogP contribution is -2.38. The van der Waals surface area contributed by atoms with E-state index in [2.05, 4.69) is 5.16 Å². The molecule has 0 N–H and O–H groups in total. The number of amides is 1. The van der Waals surface area contributed by atoms with E-state index in [1.165, 1.54) is 6.07 Å². The second-order valence-electron chi connectivity index (χ2n) is 6.80. The quantitative estimate of drug-likeness (QED) is 0.648. The van der Waals surface area contributed by atoms with Crippen molar-refractivity contribution in [1.82, 2.24) is 5.16 Å². The molecule has 1 aliphatic rings. The van der Waals surface area contributed by atoms with E-state index in [1.807, 2.05) is 55.5 Å². The lowest BCUT2D eigenvalue weighted by molar-refractivity contribution is -0.121. The van der Waals surface area contributed by atoms with Gasteiger partial charge in [0.05, 0.1) is 0 Å². The number of carbonyl (C=O) groups is 2. The van der Waals surface area contributed by atoms with E-state index < -0.39 is 5.97 Å². The fraction of sp³-hybridized carbons (Fsp3) is 0.227. The number of para-hydroxylation sites is 1. The molecule has 0 fully saturated rings. The van der Waals surface area contributed by atoms with Crippen LogP contribution in [-0.2, 0) is 16.0 Å². The Balaban J connectivity index is 1.40. The third-order valence-electron chi connectivity index (χ3n) is 4.80. The summed E-state index contributed by atoms with van der Waals surface area (Å²) in [4.78, 5) is 26.5. The Morgan fingerprint density at radius 1 is 1.14 bits per heavy atom. The summed E-state index contributed by atoms with van der Waals surface area (Å²) in [7, 11) is 0. The van der Waals surface area contributed by atoms with Gasteiger partial charge < -0.3 is 14.2 Å². The number of hydrogen-bond donors (Lipinski definition) is 0. The molecule has 142 valence electrons. The molecule has 6 nitrogen and oxygen atoms in total. The number of hydrogen-bond acceptors (Lipinski definition) is 5. The van der Waals surface area contributed by atoms with Crippen LogP contribution >= 0.6 is 0 Å². The average molecular weight is 376 g/mol. The maximum atomic E-state index is 12.6. The number of aromatic nitrogens is 1. The van der Waals surface area contributed by atoms with Gasteiger partial charge in [-0.25, -0.2) is 4.79 Å². The number of anilines is 1. The van der Waals surface area contributed by atoms with Gasteiger partial charge in [0.2, 0.25) is 5.76 Å². The number of aryl methyl sites for hydroxylation is 2. The monoisotopic (exact) mass is 376 g/mol. The predicted octanol–water partition coefficient (Wildman–Crippen LogP) is 3.79. The maximum absolute atomic E-state index is 12.6. The third-order valence-corrected chi connectivity index (χ3v) is 4.80. The number of benzene rings is 2. The molecule has 1 aliphatic heterocycles. The van der Waals surface area contributed by atoms with Gasteiger partial charge >= 0.3 is 5.97 Å². The molecule has 0 unspecified atom stereocenters. The zero-order valence-corrected chi connectivity index (χ0v) is 15.6. The molecule has 4 rings (SSSR count). The largest absolute Gasteiger partial charge is 0.450 e. The molecular weight excluding hydrogens is 356 g/mol. The topological polar surface area (TPSA) is 72.6 Å². The third kappa shape index (κ3) is 3.67. The molecule has 1 aromatic heterocycles. The molecule has 0 atom stereocenters. The van der Waals surface area contributed by atoms with E-state index in [1.54, 1.807) is 4.90 Å². The van der Waals surface area contributed by atoms with Crippen molar-refractivity contribution in [1.29, 1.82) is 0 Å². The Labute approximate surface area is 162 Å². The van der Waals surface area contributed by atoms with Gasteiger partial charge in [-0.3, -0.25) is 4.79 Å². The van der Waals surface area contributed by atoms with Gasteiger partial charge in [-0.1, -0.05) is 53.2 Å². The number of nitrogens with zero attached hydrogens (tertiary/aromatic N) is 2. The van der Waals surface area contributed by atoms with Crippen LogP contribution in [0.15, 0.2) is 59.1 Å². The highest BCUT2D eigenvalue weighted by atomic mass is 16.6. The van der Waals surface area contributed by atoms with Crippen LogP contribution in [0.3, 0.4) is 0 Å². The van der Waals surface area contributed by atoms with Crippen LogP contribution in [0.4, 0.5) is 5.69 Å². The summed E-state index contributed by atoms with van der Waals surface area (Å²) in [5.41, 5.74) is 4.53. The fourth-order valence-corrected chi connectivity index (χ4v) is 3.30. The Hall–Kier alpha value is -3.41. The molecule has 2 aromatic carbocycles. The smallest absolute Gasteiger partial charge is 0.377 e. The van der Waals surface area contributed by atoms with Crippen molar-refractivity contribution in [3.8, 4) is 11.3 Å². The number of esters is 1. The summed E-state index contributed by atoms with van der Waals surface area (Å²) in [5, 5.41) is 3.91. The van der Waals surface area contributed by atoms with Crippen LogP contribution < -0.4 is 4.90 Å². The molecule has 1 amide bonds. The Morgan fingerprint density at radius 3 is 2.75 bits per heavy atom. The van der Waals surface area contributed by atoms with Gasteiger partial charge in [0.25, 0.3) is 5.91 Å². The lowest BCUT2D eigenvalue weighted by atomic mass is 10.0. The first kappa shape index (κ1) is 18.0. The molecule has 0 aliphatic carbocycles. The summed E-state index contributed by atoms with van der Waals surface area (Å²) < 4.78 is 10.3. The van der Waals surface area contributed by atoms with Crippen molar-refractivity contribution in [3.05, 3.63) is 71.5 Å². The lowest BCUT2D eigenvalue weighted by Gasteiger charge is -2.29. The van der Waals surface area contributed by atoms with Crippen molar-refractivity contribution < 1.29 is 18.8 Å². The highest BCUT2D eigenvalue weighted by Crippen LogP contribution is 2.27. The fourth-order valence-electron chi connectivity index (χ4n) is 3.30. The minimum Gasteiger partial charge on any atom is -0.450 e. The average Bonchev–Trinajstić information content (AvgIpc) is 3.22. The molecule has 0 radical (unpaired) electrons. The predicted molar refractivity (Wildman–Crippen MR) is 104 cm³/mol. The van der Waals surface area contributed by atoms with Crippen molar-refractivity contribution in [2.24, 2.45) is 0 Å². The van der Waals surface area contributed by atoms with Gasteiger partial charge in [-0.15, -0.1) is 0 Å². The number of carbonyl (C=O) groups excluding carboxylic acids is 2. The van der Waals surface area contributed by atoms with Crippen molar-refractivity contribution in [2.45, 2.75) is 19.8 Å². The molecule has 3 aromatic rings. The first-order valence-corrected chi connectivity index (χ1v) is 9.21. The van der Waals surface area contributed by atoms with Crippen molar-refractivity contribution >= 4 is 17.6 Å². The Bertz CT molecular complexity index is 1010. The van der Waals surface area contributed by atoms with Gasteiger partial charge in [0, 0.05) is 23.9 Å². The van der Waals surface area contributed by atoms with E-state index in [0.29, 0.717) is 12.2 Å². The van der Waals surface area contributed by atoms with E-state index >= 15 is 0 Å². The number of ether oxygens (including phenoxy) is 1. The maximum Gasteiger partial charge on any atom is 0.377 e. The van der Waals surface area contributed by atoms with Crippen molar-refractivity contribution in [3.63, 3.8) is 0 Å². The molecule has 0 saturated carbocycles.